The first-order chi connectivity index (χ1) is 10.1. The summed E-state index contributed by atoms with van der Waals surface area (Å²) in [6.07, 6.45) is 3.99. The number of aliphatic hydroxyl groups is 1. The van der Waals surface area contributed by atoms with Gasteiger partial charge in [0, 0.05) is 32.3 Å². The minimum atomic E-state index is -0.477. The van der Waals surface area contributed by atoms with E-state index in [0.717, 1.165) is 19.3 Å². The lowest BCUT2D eigenvalue weighted by molar-refractivity contribution is -0.384. The van der Waals surface area contributed by atoms with E-state index >= 15 is 0 Å². The van der Waals surface area contributed by atoms with Crippen LogP contribution in [0.25, 0.3) is 0 Å². The molecular weight excluding hydrogens is 274 g/mol. The third kappa shape index (κ3) is 3.41. The van der Waals surface area contributed by atoms with E-state index in [1.807, 2.05) is 6.92 Å². The molecule has 1 aliphatic heterocycles. The number of hydrogen-bond donors (Lipinski definition) is 1. The molecule has 1 aromatic heterocycles. The van der Waals surface area contributed by atoms with Crippen molar-refractivity contribution in [3.8, 4) is 0 Å². The first kappa shape index (κ1) is 15.5. The smallest absolute Gasteiger partial charge is 0.287 e. The number of aryl methyl sites for hydroxylation is 1. The summed E-state index contributed by atoms with van der Waals surface area (Å²) in [7, 11) is 0. The van der Waals surface area contributed by atoms with Crippen molar-refractivity contribution in [1.29, 1.82) is 0 Å². The zero-order valence-electron chi connectivity index (χ0n) is 12.2. The van der Waals surface area contributed by atoms with E-state index in [1.165, 1.54) is 12.3 Å². The van der Waals surface area contributed by atoms with Gasteiger partial charge in [-0.1, -0.05) is 6.92 Å². The summed E-state index contributed by atoms with van der Waals surface area (Å²) in [5.74, 6) is -0.0815. The van der Waals surface area contributed by atoms with Gasteiger partial charge in [-0.2, -0.15) is 0 Å². The van der Waals surface area contributed by atoms with Crippen LogP contribution in [0.5, 0.6) is 0 Å². The van der Waals surface area contributed by atoms with E-state index < -0.39 is 4.92 Å². The second-order valence-corrected chi connectivity index (χ2v) is 5.48. The number of likely N-dealkylation sites (tertiary alicyclic amines) is 1. The van der Waals surface area contributed by atoms with Crippen molar-refractivity contribution < 1.29 is 14.8 Å². The van der Waals surface area contributed by atoms with Gasteiger partial charge in [0.05, 0.1) is 11.1 Å². The van der Waals surface area contributed by atoms with Crippen molar-refractivity contribution in [2.45, 2.75) is 32.7 Å². The van der Waals surface area contributed by atoms with Crippen LogP contribution in [-0.2, 0) is 6.54 Å². The van der Waals surface area contributed by atoms with Crippen molar-refractivity contribution in [1.82, 2.24) is 9.47 Å². The van der Waals surface area contributed by atoms with Crippen LogP contribution in [0, 0.1) is 16.0 Å². The fourth-order valence-electron chi connectivity index (χ4n) is 2.76. The molecule has 0 aromatic carbocycles. The molecule has 1 unspecified atom stereocenters. The molecule has 7 heteroatoms. The molecule has 1 saturated heterocycles. The summed E-state index contributed by atoms with van der Waals surface area (Å²) >= 11 is 0. The third-order valence-corrected chi connectivity index (χ3v) is 3.84. The maximum absolute atomic E-state index is 12.6. The summed E-state index contributed by atoms with van der Waals surface area (Å²) in [6, 6.07) is 1.35. The van der Waals surface area contributed by atoms with Gasteiger partial charge >= 0.3 is 0 Å². The molecule has 1 amide bonds. The molecular formula is C14H21N3O4. The molecule has 1 aliphatic rings. The lowest BCUT2D eigenvalue weighted by Gasteiger charge is -2.32. The van der Waals surface area contributed by atoms with Gasteiger partial charge in [0.15, 0.2) is 0 Å². The first-order valence-corrected chi connectivity index (χ1v) is 7.31. The number of piperidine rings is 1. The molecule has 0 bridgehead atoms. The Labute approximate surface area is 123 Å². The average molecular weight is 295 g/mol. The zero-order valence-corrected chi connectivity index (χ0v) is 12.2. The average Bonchev–Trinajstić information content (AvgIpc) is 2.91. The van der Waals surface area contributed by atoms with Gasteiger partial charge in [-0.15, -0.1) is 0 Å². The van der Waals surface area contributed by atoms with Crippen molar-refractivity contribution >= 4 is 11.6 Å². The summed E-state index contributed by atoms with van der Waals surface area (Å²) in [5, 5.41) is 20.1. The molecule has 1 atom stereocenters. The number of hydrogen-bond acceptors (Lipinski definition) is 4. The van der Waals surface area contributed by atoms with Crippen LogP contribution in [0.15, 0.2) is 12.3 Å². The van der Waals surface area contributed by atoms with Gasteiger partial charge in [0.1, 0.15) is 5.69 Å². The van der Waals surface area contributed by atoms with Crippen LogP contribution in [0.1, 0.15) is 36.7 Å². The summed E-state index contributed by atoms with van der Waals surface area (Å²) in [6.45, 7) is 3.76. The standard InChI is InChI=1S/C14H21N3O4/c1-2-5-15-9-12(17(20)21)7-13(15)14(19)16-6-3-4-11(8-16)10-18/h7,9,11,18H,2-6,8,10H2,1H3. The zero-order chi connectivity index (χ0) is 15.4. The number of aromatic nitrogens is 1. The highest BCUT2D eigenvalue weighted by Crippen LogP contribution is 2.22. The monoisotopic (exact) mass is 295 g/mol. The highest BCUT2D eigenvalue weighted by Gasteiger charge is 2.27. The lowest BCUT2D eigenvalue weighted by atomic mass is 9.99. The molecule has 0 spiro atoms. The lowest BCUT2D eigenvalue weighted by Crippen LogP contribution is -2.41. The second-order valence-electron chi connectivity index (χ2n) is 5.48. The van der Waals surface area contributed by atoms with Crippen LogP contribution < -0.4 is 0 Å². The molecule has 1 aromatic rings. The fraction of sp³-hybridized carbons (Fsp3) is 0.643. The molecule has 7 nitrogen and oxygen atoms in total. The third-order valence-electron chi connectivity index (χ3n) is 3.84. The van der Waals surface area contributed by atoms with E-state index in [2.05, 4.69) is 0 Å². The van der Waals surface area contributed by atoms with Crippen LogP contribution in [0.2, 0.25) is 0 Å². The van der Waals surface area contributed by atoms with Gasteiger partial charge in [-0.3, -0.25) is 14.9 Å². The maximum Gasteiger partial charge on any atom is 0.287 e. The summed E-state index contributed by atoms with van der Waals surface area (Å²) in [5.41, 5.74) is 0.310. The number of amides is 1. The van der Waals surface area contributed by atoms with Crippen LogP contribution in [-0.4, -0.2) is 45.1 Å². The van der Waals surface area contributed by atoms with E-state index in [9.17, 15) is 20.0 Å². The molecule has 116 valence electrons. The highest BCUT2D eigenvalue weighted by molar-refractivity contribution is 5.93. The summed E-state index contributed by atoms with van der Waals surface area (Å²) < 4.78 is 1.66. The van der Waals surface area contributed by atoms with E-state index in [-0.39, 0.29) is 24.1 Å². The van der Waals surface area contributed by atoms with Gasteiger partial charge in [0.2, 0.25) is 0 Å². The number of carbonyl (C=O) groups excluding carboxylic acids is 1. The van der Waals surface area contributed by atoms with Crippen molar-refractivity contribution in [2.24, 2.45) is 5.92 Å². The van der Waals surface area contributed by atoms with Gasteiger partial charge in [-0.05, 0) is 25.2 Å². The van der Waals surface area contributed by atoms with Crippen molar-refractivity contribution in [3.05, 3.63) is 28.1 Å². The number of carbonyl (C=O) groups is 1. The summed E-state index contributed by atoms with van der Waals surface area (Å²) in [4.78, 5) is 24.7. The molecule has 0 aliphatic carbocycles. The van der Waals surface area contributed by atoms with Crippen LogP contribution >= 0.6 is 0 Å². The maximum atomic E-state index is 12.6. The Kier molecular flexibility index (Phi) is 4.95. The van der Waals surface area contributed by atoms with Crippen molar-refractivity contribution in [2.75, 3.05) is 19.7 Å². The molecule has 1 fully saturated rings. The number of nitrogens with zero attached hydrogens (tertiary/aromatic N) is 3. The quantitative estimate of drug-likeness (QED) is 0.660. The minimum Gasteiger partial charge on any atom is -0.396 e. The topological polar surface area (TPSA) is 88.6 Å². The van der Waals surface area contributed by atoms with E-state index in [0.29, 0.717) is 25.3 Å². The Bertz CT molecular complexity index is 526. The molecule has 0 saturated carbocycles. The van der Waals surface area contributed by atoms with E-state index in [1.54, 1.807) is 9.47 Å². The van der Waals surface area contributed by atoms with Gasteiger partial charge in [-0.25, -0.2) is 0 Å². The number of nitro groups is 1. The van der Waals surface area contributed by atoms with Crippen LogP contribution in [0.3, 0.4) is 0 Å². The predicted octanol–water partition coefficient (Wildman–Crippen LogP) is 1.65. The Balaban J connectivity index is 2.22. The first-order valence-electron chi connectivity index (χ1n) is 7.31. The molecule has 2 heterocycles. The largest absolute Gasteiger partial charge is 0.396 e. The normalized spacial score (nSPS) is 18.8. The highest BCUT2D eigenvalue weighted by atomic mass is 16.6. The van der Waals surface area contributed by atoms with Gasteiger partial charge in [0.25, 0.3) is 11.6 Å². The molecule has 21 heavy (non-hydrogen) atoms. The molecule has 2 rings (SSSR count). The fourth-order valence-corrected chi connectivity index (χ4v) is 2.76. The Morgan fingerprint density at radius 1 is 1.57 bits per heavy atom. The van der Waals surface area contributed by atoms with Crippen molar-refractivity contribution in [3.63, 3.8) is 0 Å². The molecule has 1 N–H and O–H groups in total. The van der Waals surface area contributed by atoms with E-state index in [4.69, 9.17) is 0 Å². The Hall–Kier alpha value is -1.89. The second kappa shape index (κ2) is 6.71. The van der Waals surface area contributed by atoms with Gasteiger partial charge < -0.3 is 14.6 Å². The molecule has 0 radical (unpaired) electrons. The predicted molar refractivity (Wildman–Crippen MR) is 77.1 cm³/mol. The number of rotatable bonds is 5. The van der Waals surface area contributed by atoms with Crippen LogP contribution in [0.4, 0.5) is 5.69 Å². The Morgan fingerprint density at radius 3 is 2.95 bits per heavy atom. The minimum absolute atomic E-state index is 0.0532. The number of aliphatic hydroxyl groups excluding tert-OH is 1. The SMILES string of the molecule is CCCn1cc([N+](=O)[O-])cc1C(=O)N1CCCC(CO)C1. The Morgan fingerprint density at radius 2 is 2.33 bits per heavy atom.